The molecule has 13 rings (SSSR count). The molecule has 0 amide bonds. The number of benzene rings is 4. The van der Waals surface area contributed by atoms with Crippen molar-refractivity contribution in [1.82, 2.24) is 24.5 Å². The van der Waals surface area contributed by atoms with Crippen molar-refractivity contribution in [1.29, 1.82) is 0 Å². The van der Waals surface area contributed by atoms with Crippen LogP contribution in [0.4, 0.5) is 0 Å². The van der Waals surface area contributed by atoms with Gasteiger partial charge in [-0.25, -0.2) is 4.98 Å². The van der Waals surface area contributed by atoms with Crippen molar-refractivity contribution >= 4 is 46.4 Å². The Balaban J connectivity index is 0.000000155. The molecule has 9 aromatic rings. The summed E-state index contributed by atoms with van der Waals surface area (Å²) in [6.07, 6.45) is 14.7. The molecule has 0 saturated heterocycles. The Hall–Kier alpha value is -5.53. The van der Waals surface area contributed by atoms with Crippen LogP contribution in [0.25, 0.3) is 72.6 Å². The molecule has 4 fully saturated rings. The second-order valence-electron chi connectivity index (χ2n) is 19.5. The number of aromatic nitrogens is 5. The third-order valence-corrected chi connectivity index (χ3v) is 16.4. The molecule has 4 bridgehead atoms. The van der Waals surface area contributed by atoms with Crippen LogP contribution in [0.3, 0.4) is 0 Å². The maximum Gasteiger partial charge on any atom is 0.215 e. The number of fused-ring (bicyclic) bond motifs is 4. The van der Waals surface area contributed by atoms with Gasteiger partial charge in [-0.15, -0.1) is 53.1 Å². The average Bonchev–Trinajstić information content (AvgIpc) is 3.88. The number of hydrogen-bond donors (Lipinski definition) is 0. The van der Waals surface area contributed by atoms with Gasteiger partial charge in [-0.3, -0.25) is 9.97 Å². The van der Waals surface area contributed by atoms with E-state index in [1.54, 1.807) is 23.4 Å². The molecule has 0 N–H and O–H groups in total. The van der Waals surface area contributed by atoms with E-state index in [9.17, 15) is 0 Å². The fourth-order valence-electron chi connectivity index (χ4n) is 11.7. The van der Waals surface area contributed by atoms with Crippen molar-refractivity contribution in [3.05, 3.63) is 157 Å². The SMILES string of the molecule is C[Si](C)(C)c1cnc(-c2[c-]cccc2)cc1CC1C2CC3CC(C2)CC1C3.Cc1nccc2c1nc(-c1[c-]c3oc4ncccc4c3c(C)c1)n2-c1ccccc1-c1ccccc1.[Ir]. The summed E-state index contributed by atoms with van der Waals surface area (Å²) in [5.41, 5.74) is 13.2. The summed E-state index contributed by atoms with van der Waals surface area (Å²) in [5, 5.41) is 3.61. The summed E-state index contributed by atoms with van der Waals surface area (Å²) in [6, 6.07) is 44.6. The van der Waals surface area contributed by atoms with Crippen LogP contribution in [0, 0.1) is 55.6 Å². The number of nitrogens with zero attached hydrogens (tertiary/aromatic N) is 5. The molecule has 4 aromatic carbocycles. The second kappa shape index (κ2) is 17.1. The van der Waals surface area contributed by atoms with Gasteiger partial charge in [-0.05, 0) is 115 Å². The van der Waals surface area contributed by atoms with Crippen molar-refractivity contribution in [2.45, 2.75) is 72.0 Å². The monoisotopic (exact) mass is 1030 g/mol. The Kier molecular flexibility index (Phi) is 11.3. The first-order valence-electron chi connectivity index (χ1n) is 22.8. The third-order valence-electron chi connectivity index (χ3n) is 14.4. The number of para-hydroxylation sites is 1. The smallest absolute Gasteiger partial charge is 0.215 e. The van der Waals surface area contributed by atoms with Crippen LogP contribution in [-0.4, -0.2) is 32.6 Å². The Labute approximate surface area is 391 Å². The molecule has 0 spiro atoms. The molecule has 4 saturated carbocycles. The maximum atomic E-state index is 6.12. The first-order valence-corrected chi connectivity index (χ1v) is 26.3. The molecule has 4 aliphatic carbocycles. The van der Waals surface area contributed by atoms with Crippen LogP contribution in [-0.2, 0) is 26.5 Å². The van der Waals surface area contributed by atoms with Gasteiger partial charge in [-0.2, -0.15) is 0 Å². The van der Waals surface area contributed by atoms with E-state index in [4.69, 9.17) is 14.4 Å². The standard InChI is InChI=1S/C31H21N4O.C25H32NSi.Ir/c1-19-17-22(18-27-28(19)24-12-8-15-33-31(24)36-27)30-34-29-20(2)32-16-14-26(29)35(30)25-13-7-6-11-23(25)21-9-4-3-5-10-21;1-27(2,3)25-16-26-24(19-7-5-4-6-8-19)15-22(25)14-23-20-10-17-9-18(12-20)13-21(23)11-17;/h3-17H,1-2H3;4-7,15-18,20-21,23H,9-14H2,1-3H3;/q2*-1;. The van der Waals surface area contributed by atoms with Crippen LogP contribution in [0.2, 0.25) is 19.6 Å². The Morgan fingerprint density at radius 2 is 1.50 bits per heavy atom. The quantitative estimate of drug-likeness (QED) is 0.117. The molecule has 0 atom stereocenters. The zero-order valence-electron chi connectivity index (χ0n) is 37.2. The first kappa shape index (κ1) is 42.4. The normalized spacial score (nSPS) is 20.0. The molecule has 64 heavy (non-hydrogen) atoms. The minimum absolute atomic E-state index is 0. The topological polar surface area (TPSA) is 69.6 Å². The molecule has 5 aromatic heterocycles. The molecule has 323 valence electrons. The van der Waals surface area contributed by atoms with Crippen molar-refractivity contribution in [3.63, 3.8) is 0 Å². The van der Waals surface area contributed by atoms with E-state index in [2.05, 4.69) is 132 Å². The van der Waals surface area contributed by atoms with Crippen LogP contribution < -0.4 is 5.19 Å². The second-order valence-corrected chi connectivity index (χ2v) is 24.5. The number of aryl methyl sites for hydroxylation is 2. The largest absolute Gasteiger partial charge is 0.459 e. The maximum absolute atomic E-state index is 6.12. The Morgan fingerprint density at radius 3 is 2.25 bits per heavy atom. The van der Waals surface area contributed by atoms with Gasteiger partial charge >= 0.3 is 0 Å². The summed E-state index contributed by atoms with van der Waals surface area (Å²) >= 11 is 0. The molecule has 0 aliphatic heterocycles. The zero-order chi connectivity index (χ0) is 42.8. The summed E-state index contributed by atoms with van der Waals surface area (Å²) in [4.78, 5) is 18.9. The summed E-state index contributed by atoms with van der Waals surface area (Å²) in [5.74, 6) is 5.83. The van der Waals surface area contributed by atoms with Crippen LogP contribution in [0.1, 0.15) is 48.9 Å². The molecular formula is C56H53IrN5OSi-2. The minimum Gasteiger partial charge on any atom is -0.459 e. The molecule has 8 heteroatoms. The van der Waals surface area contributed by atoms with E-state index in [0.717, 1.165) is 102 Å². The van der Waals surface area contributed by atoms with Crippen LogP contribution >= 0.6 is 0 Å². The third kappa shape index (κ3) is 7.78. The molecule has 5 heterocycles. The number of furan rings is 1. The van der Waals surface area contributed by atoms with Crippen molar-refractivity contribution in [3.8, 4) is 39.5 Å². The molecule has 6 nitrogen and oxygen atoms in total. The van der Waals surface area contributed by atoms with Crippen molar-refractivity contribution in [2.24, 2.45) is 29.6 Å². The number of imidazole rings is 1. The van der Waals surface area contributed by atoms with E-state index >= 15 is 0 Å². The van der Waals surface area contributed by atoms with Gasteiger partial charge in [0.15, 0.2) is 0 Å². The predicted octanol–water partition coefficient (Wildman–Crippen LogP) is 13.2. The number of hydrogen-bond acceptors (Lipinski definition) is 5. The van der Waals surface area contributed by atoms with Gasteiger partial charge < -0.3 is 14.0 Å². The average molecular weight is 1030 g/mol. The van der Waals surface area contributed by atoms with Crippen LogP contribution in [0.5, 0.6) is 0 Å². The van der Waals surface area contributed by atoms with E-state index in [1.165, 1.54) is 32.1 Å². The van der Waals surface area contributed by atoms with E-state index in [0.29, 0.717) is 11.3 Å². The summed E-state index contributed by atoms with van der Waals surface area (Å²) in [6.45, 7) is 11.5. The van der Waals surface area contributed by atoms with Crippen molar-refractivity contribution in [2.75, 3.05) is 0 Å². The number of rotatable bonds is 7. The van der Waals surface area contributed by atoms with Crippen LogP contribution in [0.15, 0.2) is 132 Å². The fraction of sp³-hybridized carbons (Fsp3) is 0.286. The van der Waals surface area contributed by atoms with E-state index in [1.807, 2.05) is 49.5 Å². The zero-order valence-corrected chi connectivity index (χ0v) is 40.6. The molecule has 0 unspecified atom stereocenters. The van der Waals surface area contributed by atoms with Gasteiger partial charge in [0, 0.05) is 55.3 Å². The van der Waals surface area contributed by atoms with Gasteiger partial charge in [-0.1, -0.05) is 98.9 Å². The van der Waals surface area contributed by atoms with Gasteiger partial charge in [0.1, 0.15) is 0 Å². The van der Waals surface area contributed by atoms with Crippen molar-refractivity contribution < 1.29 is 24.5 Å². The molecule has 1 radical (unpaired) electrons. The van der Waals surface area contributed by atoms with Gasteiger partial charge in [0.25, 0.3) is 0 Å². The molecule has 4 aliphatic rings. The van der Waals surface area contributed by atoms with E-state index in [-0.39, 0.29) is 20.1 Å². The summed E-state index contributed by atoms with van der Waals surface area (Å²) in [7, 11) is -1.40. The Morgan fingerprint density at radius 1 is 0.750 bits per heavy atom. The summed E-state index contributed by atoms with van der Waals surface area (Å²) < 4.78 is 8.33. The molecular weight excluding hydrogens is 979 g/mol. The van der Waals surface area contributed by atoms with E-state index < -0.39 is 8.07 Å². The van der Waals surface area contributed by atoms with Gasteiger partial charge in [0.2, 0.25) is 5.71 Å². The van der Waals surface area contributed by atoms with Gasteiger partial charge in [0.05, 0.1) is 36.2 Å². The minimum atomic E-state index is -1.40. The predicted molar refractivity (Wildman–Crippen MR) is 259 cm³/mol. The first-order chi connectivity index (χ1) is 30.7. The fourth-order valence-corrected chi connectivity index (χ4v) is 13.3. The Bertz CT molecular complexity index is 3110. The number of pyridine rings is 3.